The van der Waals surface area contributed by atoms with E-state index in [-0.39, 0.29) is 0 Å². The highest BCUT2D eigenvalue weighted by molar-refractivity contribution is 14.1. The lowest BCUT2D eigenvalue weighted by atomic mass is 10.0. The van der Waals surface area contributed by atoms with Crippen molar-refractivity contribution in [1.82, 2.24) is 4.98 Å². The smallest absolute Gasteiger partial charge is 0.244 e. The maximum Gasteiger partial charge on any atom is 0.416 e. The van der Waals surface area contributed by atoms with Gasteiger partial charge in [-0.3, -0.25) is 0 Å². The average Bonchev–Trinajstić information content (AvgIpc) is 2.28. The van der Waals surface area contributed by atoms with E-state index < -0.39 is 11.7 Å². The van der Waals surface area contributed by atoms with Crippen LogP contribution < -0.4 is 0 Å². The molecule has 0 radical (unpaired) electrons. The first-order valence-corrected chi connectivity index (χ1v) is 6.32. The minimum absolute atomic E-state index is 0.315. The third kappa shape index (κ3) is 2.95. The lowest BCUT2D eigenvalue weighted by molar-refractivity contribution is -0.137. The van der Waals surface area contributed by atoms with Gasteiger partial charge in [-0.1, -0.05) is 23.7 Å². The molecule has 94 valence electrons. The Bertz CT molecular complexity index is 584. The summed E-state index contributed by atoms with van der Waals surface area (Å²) in [5.41, 5.74) is 0.426. The molecule has 0 aliphatic heterocycles. The Kier molecular flexibility index (Phi) is 3.82. The van der Waals surface area contributed by atoms with Crippen molar-refractivity contribution in [3.63, 3.8) is 0 Å². The summed E-state index contributed by atoms with van der Waals surface area (Å²) in [7, 11) is 0. The topological polar surface area (TPSA) is 12.9 Å². The van der Waals surface area contributed by atoms with Gasteiger partial charge in [0, 0.05) is 15.3 Å². The normalized spacial score (nSPS) is 11.6. The largest absolute Gasteiger partial charge is 0.416 e. The molecule has 2 rings (SSSR count). The molecule has 18 heavy (non-hydrogen) atoms. The lowest BCUT2D eigenvalue weighted by Crippen LogP contribution is -2.04. The molecule has 1 aromatic heterocycles. The van der Waals surface area contributed by atoms with Crippen molar-refractivity contribution in [1.29, 1.82) is 0 Å². The molecule has 6 heteroatoms. The van der Waals surface area contributed by atoms with Gasteiger partial charge in [-0.05, 0) is 46.4 Å². The van der Waals surface area contributed by atoms with Crippen molar-refractivity contribution in [2.24, 2.45) is 0 Å². The molecule has 0 atom stereocenters. The van der Waals surface area contributed by atoms with Crippen molar-refractivity contribution in [2.45, 2.75) is 6.18 Å². The van der Waals surface area contributed by atoms with Crippen molar-refractivity contribution in [2.75, 3.05) is 0 Å². The van der Waals surface area contributed by atoms with Gasteiger partial charge >= 0.3 is 6.18 Å². The van der Waals surface area contributed by atoms with Gasteiger partial charge in [-0.2, -0.15) is 13.2 Å². The zero-order chi connectivity index (χ0) is 13.3. The van der Waals surface area contributed by atoms with Gasteiger partial charge < -0.3 is 0 Å². The number of benzene rings is 1. The minimum Gasteiger partial charge on any atom is -0.244 e. The van der Waals surface area contributed by atoms with Crippen LogP contribution in [-0.2, 0) is 6.18 Å². The Balaban J connectivity index is 2.51. The van der Waals surface area contributed by atoms with Gasteiger partial charge in [0.15, 0.2) is 0 Å². The summed E-state index contributed by atoms with van der Waals surface area (Å²) >= 11 is 7.73. The molecule has 0 N–H and O–H groups in total. The Morgan fingerprint density at radius 3 is 2.50 bits per heavy atom. The van der Waals surface area contributed by atoms with E-state index in [1.165, 1.54) is 12.3 Å². The molecule has 0 bridgehead atoms. The van der Waals surface area contributed by atoms with Crippen LogP contribution in [0.2, 0.25) is 5.15 Å². The van der Waals surface area contributed by atoms with Crippen LogP contribution in [0.15, 0.2) is 36.5 Å². The molecule has 0 spiro atoms. The first kappa shape index (κ1) is 13.6. The second kappa shape index (κ2) is 5.05. The molecular formula is C12H6ClF3IN. The summed E-state index contributed by atoms with van der Waals surface area (Å²) in [4.78, 5) is 3.89. The average molecular weight is 384 g/mol. The van der Waals surface area contributed by atoms with Gasteiger partial charge in [0.1, 0.15) is 5.15 Å². The minimum atomic E-state index is -4.35. The number of nitrogens with zero attached hydrogens (tertiary/aromatic N) is 1. The Labute approximate surface area is 120 Å². The summed E-state index contributed by atoms with van der Waals surface area (Å²) in [6.07, 6.45) is -2.87. The highest BCUT2D eigenvalue weighted by atomic mass is 127. The van der Waals surface area contributed by atoms with E-state index in [1.807, 2.05) is 22.6 Å². The summed E-state index contributed by atoms with van der Waals surface area (Å²) in [6, 6.07) is 6.75. The molecule has 0 saturated heterocycles. The summed E-state index contributed by atoms with van der Waals surface area (Å²) in [5.74, 6) is 0. The molecule has 1 nitrogen and oxygen atoms in total. The number of hydrogen-bond acceptors (Lipinski definition) is 1. The van der Waals surface area contributed by atoms with Gasteiger partial charge in [-0.25, -0.2) is 4.98 Å². The predicted octanol–water partition coefficient (Wildman–Crippen LogP) is 5.03. The van der Waals surface area contributed by atoms with Crippen LogP contribution in [0.4, 0.5) is 13.2 Å². The van der Waals surface area contributed by atoms with Crippen molar-refractivity contribution >= 4 is 34.2 Å². The SMILES string of the molecule is FC(F)(F)c1cccc(-c2cnc(Cl)cc2I)c1. The van der Waals surface area contributed by atoms with Crippen molar-refractivity contribution in [3.05, 3.63) is 50.8 Å². The van der Waals surface area contributed by atoms with Crippen molar-refractivity contribution in [3.8, 4) is 11.1 Å². The third-order valence-corrected chi connectivity index (χ3v) is 3.42. The molecule has 0 amide bonds. The molecule has 0 aliphatic carbocycles. The summed E-state index contributed by atoms with van der Waals surface area (Å²) < 4.78 is 38.6. The maximum atomic E-state index is 12.6. The van der Waals surface area contributed by atoms with Crippen LogP contribution in [-0.4, -0.2) is 4.98 Å². The molecule has 2 aromatic rings. The van der Waals surface area contributed by atoms with E-state index in [9.17, 15) is 13.2 Å². The van der Waals surface area contributed by atoms with Gasteiger partial charge in [-0.15, -0.1) is 0 Å². The number of hydrogen-bond donors (Lipinski definition) is 0. The van der Waals surface area contributed by atoms with Gasteiger partial charge in [0.25, 0.3) is 0 Å². The van der Waals surface area contributed by atoms with Crippen LogP contribution in [0, 0.1) is 3.57 Å². The van der Waals surface area contributed by atoms with E-state index in [1.54, 1.807) is 12.1 Å². The summed E-state index contributed by atoms with van der Waals surface area (Å²) in [5, 5.41) is 0.315. The Morgan fingerprint density at radius 2 is 1.89 bits per heavy atom. The quantitative estimate of drug-likeness (QED) is 0.497. The standard InChI is InChI=1S/C12H6ClF3IN/c13-11-5-10(17)9(6-18-11)7-2-1-3-8(4-7)12(14,15)16/h1-6H. The van der Waals surface area contributed by atoms with E-state index in [0.29, 0.717) is 16.3 Å². The number of alkyl halides is 3. The molecular weight excluding hydrogens is 377 g/mol. The second-order valence-electron chi connectivity index (χ2n) is 3.57. The fourth-order valence-corrected chi connectivity index (χ4v) is 2.57. The van der Waals surface area contributed by atoms with Crippen molar-refractivity contribution < 1.29 is 13.2 Å². The third-order valence-electron chi connectivity index (χ3n) is 2.32. The van der Waals surface area contributed by atoms with Crippen LogP contribution in [0.3, 0.4) is 0 Å². The molecule has 0 aliphatic rings. The predicted molar refractivity (Wildman–Crippen MR) is 72.4 cm³/mol. The second-order valence-corrected chi connectivity index (χ2v) is 5.11. The van der Waals surface area contributed by atoms with Crippen LogP contribution in [0.1, 0.15) is 5.56 Å². The van der Waals surface area contributed by atoms with Gasteiger partial charge in [0.05, 0.1) is 5.56 Å². The zero-order valence-electron chi connectivity index (χ0n) is 8.80. The highest BCUT2D eigenvalue weighted by Gasteiger charge is 2.30. The van der Waals surface area contributed by atoms with E-state index in [0.717, 1.165) is 15.7 Å². The first-order chi connectivity index (χ1) is 8.38. The fraction of sp³-hybridized carbons (Fsp3) is 0.0833. The highest BCUT2D eigenvalue weighted by Crippen LogP contribution is 2.33. The lowest BCUT2D eigenvalue weighted by Gasteiger charge is -2.09. The van der Waals surface area contributed by atoms with E-state index in [4.69, 9.17) is 11.6 Å². The monoisotopic (exact) mass is 383 g/mol. The summed E-state index contributed by atoms with van der Waals surface area (Å²) in [6.45, 7) is 0. The van der Waals surface area contributed by atoms with Crippen LogP contribution in [0.25, 0.3) is 11.1 Å². The maximum absolute atomic E-state index is 12.6. The van der Waals surface area contributed by atoms with Gasteiger partial charge in [0.2, 0.25) is 0 Å². The molecule has 0 saturated carbocycles. The number of aromatic nitrogens is 1. The zero-order valence-corrected chi connectivity index (χ0v) is 11.7. The number of halogens is 5. The Hall–Kier alpha value is -0.820. The van der Waals surface area contributed by atoms with Crippen LogP contribution >= 0.6 is 34.2 Å². The fourth-order valence-electron chi connectivity index (χ4n) is 1.48. The first-order valence-electron chi connectivity index (χ1n) is 4.86. The van der Waals surface area contributed by atoms with Crippen LogP contribution in [0.5, 0.6) is 0 Å². The molecule has 0 unspecified atom stereocenters. The number of rotatable bonds is 1. The van der Waals surface area contributed by atoms with E-state index >= 15 is 0 Å². The Morgan fingerprint density at radius 1 is 1.17 bits per heavy atom. The number of pyridine rings is 1. The molecule has 1 aromatic carbocycles. The molecule has 1 heterocycles. The van der Waals surface area contributed by atoms with E-state index in [2.05, 4.69) is 4.98 Å². The molecule has 0 fully saturated rings.